The average Bonchev–Trinajstić information content (AvgIpc) is 3.13. The average molecular weight is 411 g/mol. The summed E-state index contributed by atoms with van der Waals surface area (Å²) < 4.78 is 2.61. The maximum Gasteiger partial charge on any atom is 0.417 e. The fraction of sp³-hybridized carbons (Fsp3) is 0.444. The second kappa shape index (κ2) is 7.58. The number of imidazole rings is 1. The molecule has 0 spiro atoms. The van der Waals surface area contributed by atoms with Crippen LogP contribution in [0, 0.1) is 6.92 Å². The molecule has 0 saturated heterocycles. The standard InChI is InChI=1S/C27H34BN3/c1-17(2)20-12-10-13-21(18(3)4)26(20)28-30(6)24-16-9-11-19(5)25(24)27-29-22-14-7-8-15-23(22)31(27)28/h9-13,16-18H,7-8,14-15H2,1-6H3. The summed E-state index contributed by atoms with van der Waals surface area (Å²) in [5, 5.41) is 0. The van der Waals surface area contributed by atoms with Gasteiger partial charge in [-0.15, -0.1) is 0 Å². The van der Waals surface area contributed by atoms with E-state index in [0.29, 0.717) is 11.8 Å². The van der Waals surface area contributed by atoms with E-state index in [1.807, 2.05) is 0 Å². The largest absolute Gasteiger partial charge is 0.417 e. The van der Waals surface area contributed by atoms with Crippen LogP contribution in [0.15, 0.2) is 36.4 Å². The van der Waals surface area contributed by atoms with Crippen LogP contribution in [0.2, 0.25) is 0 Å². The summed E-state index contributed by atoms with van der Waals surface area (Å²) in [4.78, 5) is 7.80. The van der Waals surface area contributed by atoms with Gasteiger partial charge in [-0.25, -0.2) is 4.98 Å². The van der Waals surface area contributed by atoms with Crippen molar-refractivity contribution in [1.82, 2.24) is 9.46 Å². The van der Waals surface area contributed by atoms with Crippen molar-refractivity contribution in [2.75, 3.05) is 11.9 Å². The zero-order valence-corrected chi connectivity index (χ0v) is 19.9. The van der Waals surface area contributed by atoms with Crippen LogP contribution in [0.5, 0.6) is 0 Å². The number of hydrogen-bond donors (Lipinski definition) is 0. The van der Waals surface area contributed by atoms with Gasteiger partial charge in [0, 0.05) is 16.9 Å². The van der Waals surface area contributed by atoms with Crippen molar-refractivity contribution in [2.24, 2.45) is 0 Å². The maximum atomic E-state index is 5.29. The molecule has 160 valence electrons. The lowest BCUT2D eigenvalue weighted by molar-refractivity contribution is 0.660. The molecule has 0 N–H and O–H groups in total. The van der Waals surface area contributed by atoms with Gasteiger partial charge < -0.3 is 9.29 Å². The molecular weight excluding hydrogens is 377 g/mol. The second-order valence-electron chi connectivity index (χ2n) is 10.0. The summed E-state index contributed by atoms with van der Waals surface area (Å²) >= 11 is 0. The van der Waals surface area contributed by atoms with E-state index in [1.165, 1.54) is 63.5 Å². The minimum atomic E-state index is 0.148. The highest BCUT2D eigenvalue weighted by Crippen LogP contribution is 2.41. The number of hydrogen-bond acceptors (Lipinski definition) is 2. The molecule has 1 aliphatic heterocycles. The van der Waals surface area contributed by atoms with E-state index in [2.05, 4.69) is 87.4 Å². The molecule has 2 aromatic carbocycles. The van der Waals surface area contributed by atoms with E-state index in [9.17, 15) is 0 Å². The first kappa shape index (κ1) is 20.4. The van der Waals surface area contributed by atoms with Gasteiger partial charge >= 0.3 is 6.98 Å². The van der Waals surface area contributed by atoms with E-state index in [4.69, 9.17) is 4.98 Å². The predicted molar refractivity (Wildman–Crippen MR) is 133 cm³/mol. The van der Waals surface area contributed by atoms with Gasteiger partial charge in [0.15, 0.2) is 0 Å². The third-order valence-electron chi connectivity index (χ3n) is 7.31. The topological polar surface area (TPSA) is 21.1 Å². The monoisotopic (exact) mass is 411 g/mol. The Morgan fingerprint density at radius 2 is 1.55 bits per heavy atom. The summed E-state index contributed by atoms with van der Waals surface area (Å²) in [5.41, 5.74) is 11.1. The molecule has 0 radical (unpaired) electrons. The Kier molecular flexibility index (Phi) is 4.99. The Balaban J connectivity index is 1.87. The molecule has 31 heavy (non-hydrogen) atoms. The molecule has 2 heterocycles. The molecule has 2 aliphatic rings. The number of fused-ring (bicyclic) bond motifs is 5. The molecule has 4 heteroatoms. The summed E-state index contributed by atoms with van der Waals surface area (Å²) in [7, 11) is 2.28. The van der Waals surface area contributed by atoms with Crippen molar-refractivity contribution in [3.63, 3.8) is 0 Å². The van der Waals surface area contributed by atoms with Crippen LogP contribution in [-0.2, 0) is 12.8 Å². The normalized spacial score (nSPS) is 15.4. The number of aromatic nitrogens is 2. The van der Waals surface area contributed by atoms with Crippen LogP contribution in [0.1, 0.15) is 80.5 Å². The number of benzene rings is 2. The third-order valence-corrected chi connectivity index (χ3v) is 7.31. The quantitative estimate of drug-likeness (QED) is 0.517. The van der Waals surface area contributed by atoms with Gasteiger partial charge in [0.25, 0.3) is 0 Å². The molecule has 0 bridgehead atoms. The van der Waals surface area contributed by atoms with Gasteiger partial charge in [0.2, 0.25) is 0 Å². The first-order valence-corrected chi connectivity index (χ1v) is 12.0. The summed E-state index contributed by atoms with van der Waals surface area (Å²) in [6.07, 6.45) is 4.76. The highest BCUT2D eigenvalue weighted by atomic mass is 15.2. The van der Waals surface area contributed by atoms with Crippen molar-refractivity contribution in [1.29, 1.82) is 0 Å². The highest BCUT2D eigenvalue weighted by Gasteiger charge is 2.41. The Morgan fingerprint density at radius 1 is 0.903 bits per heavy atom. The van der Waals surface area contributed by atoms with E-state index in [0.717, 1.165) is 12.8 Å². The molecular formula is C27H34BN3. The molecule has 3 nitrogen and oxygen atoms in total. The fourth-order valence-electron chi connectivity index (χ4n) is 5.77. The molecule has 5 rings (SSSR count). The summed E-state index contributed by atoms with van der Waals surface area (Å²) in [6, 6.07) is 13.6. The highest BCUT2D eigenvalue weighted by molar-refractivity contribution is 6.77. The van der Waals surface area contributed by atoms with Crippen LogP contribution < -0.4 is 10.3 Å². The van der Waals surface area contributed by atoms with Gasteiger partial charge in [-0.3, -0.25) is 0 Å². The van der Waals surface area contributed by atoms with Crippen molar-refractivity contribution in [2.45, 2.75) is 72.1 Å². The first-order chi connectivity index (χ1) is 14.9. The lowest BCUT2D eigenvalue weighted by atomic mass is 9.57. The van der Waals surface area contributed by atoms with Crippen LogP contribution in [-0.4, -0.2) is 23.5 Å². The van der Waals surface area contributed by atoms with Gasteiger partial charge in [-0.05, 0) is 79.7 Å². The molecule has 0 atom stereocenters. The van der Waals surface area contributed by atoms with Gasteiger partial charge in [-0.1, -0.05) is 58.0 Å². The molecule has 0 saturated carbocycles. The molecule has 0 fully saturated rings. The molecule has 0 unspecified atom stereocenters. The van der Waals surface area contributed by atoms with Crippen molar-refractivity contribution in [3.05, 3.63) is 64.5 Å². The molecule has 0 amide bonds. The lowest BCUT2D eigenvalue weighted by Gasteiger charge is -2.39. The van der Waals surface area contributed by atoms with Crippen molar-refractivity contribution >= 4 is 18.1 Å². The van der Waals surface area contributed by atoms with Crippen LogP contribution >= 0.6 is 0 Å². The Hall–Kier alpha value is -2.49. The minimum absolute atomic E-state index is 0.148. The lowest BCUT2D eigenvalue weighted by Crippen LogP contribution is -2.57. The second-order valence-corrected chi connectivity index (χ2v) is 10.0. The predicted octanol–water partition coefficient (Wildman–Crippen LogP) is 5.68. The van der Waals surface area contributed by atoms with E-state index < -0.39 is 0 Å². The third kappa shape index (κ3) is 3.06. The van der Waals surface area contributed by atoms with Crippen LogP contribution in [0.3, 0.4) is 0 Å². The van der Waals surface area contributed by atoms with Gasteiger partial charge in [0.1, 0.15) is 5.82 Å². The fourth-order valence-corrected chi connectivity index (χ4v) is 5.77. The zero-order chi connectivity index (χ0) is 21.9. The Labute approximate surface area is 187 Å². The van der Waals surface area contributed by atoms with Gasteiger partial charge in [0.05, 0.1) is 5.69 Å². The van der Waals surface area contributed by atoms with E-state index >= 15 is 0 Å². The van der Waals surface area contributed by atoms with Crippen molar-refractivity contribution in [3.8, 4) is 11.4 Å². The Bertz CT molecular complexity index is 1120. The first-order valence-electron chi connectivity index (χ1n) is 12.0. The number of anilines is 1. The molecule has 1 aliphatic carbocycles. The summed E-state index contributed by atoms with van der Waals surface area (Å²) in [5.74, 6) is 2.13. The van der Waals surface area contributed by atoms with Crippen LogP contribution in [0.4, 0.5) is 5.69 Å². The van der Waals surface area contributed by atoms with Gasteiger partial charge in [-0.2, -0.15) is 0 Å². The number of nitrogens with zero attached hydrogens (tertiary/aromatic N) is 3. The molecule has 1 aromatic heterocycles. The maximum absolute atomic E-state index is 5.29. The Morgan fingerprint density at radius 3 is 2.23 bits per heavy atom. The SMILES string of the molecule is Cc1cccc2c1-c1nc3c(n1B(c1c(C(C)C)cccc1C(C)C)N2C)CCCC3. The van der Waals surface area contributed by atoms with E-state index in [-0.39, 0.29) is 6.98 Å². The number of aryl methyl sites for hydroxylation is 2. The zero-order valence-electron chi connectivity index (χ0n) is 19.9. The number of rotatable bonds is 3. The summed E-state index contributed by atoms with van der Waals surface area (Å²) in [6.45, 7) is 11.7. The van der Waals surface area contributed by atoms with Crippen molar-refractivity contribution < 1.29 is 0 Å². The smallest absolute Gasteiger partial charge is 0.394 e. The van der Waals surface area contributed by atoms with E-state index in [1.54, 1.807) is 0 Å². The minimum Gasteiger partial charge on any atom is -0.394 e. The molecule has 3 aromatic rings. The van der Waals surface area contributed by atoms with Crippen LogP contribution in [0.25, 0.3) is 11.4 Å².